The van der Waals surface area contributed by atoms with Crippen LogP contribution >= 0.6 is 11.8 Å². The van der Waals surface area contributed by atoms with Crippen molar-refractivity contribution in [2.24, 2.45) is 11.5 Å². The summed E-state index contributed by atoms with van der Waals surface area (Å²) in [6.07, 6.45) is -5.08. The molecule has 0 heterocycles. The molecule has 0 fully saturated rings. The molecule has 0 rings (SSSR count). The Balaban J connectivity index is 0. The second kappa shape index (κ2) is 9.39. The molecule has 0 amide bonds. The van der Waals surface area contributed by atoms with Crippen LogP contribution in [0.3, 0.4) is 0 Å². The zero-order valence-electron chi connectivity index (χ0n) is 9.83. The number of thioether (sulfide) groups is 1. The lowest BCUT2D eigenvalue weighted by Crippen LogP contribution is -2.36. The minimum atomic E-state index is -5.08. The van der Waals surface area contributed by atoms with Crippen LogP contribution in [0, 0.1) is 0 Å². The number of rotatable bonds is 6. The maximum Gasteiger partial charge on any atom is 0.490 e. The van der Waals surface area contributed by atoms with Gasteiger partial charge in [0.25, 0.3) is 0 Å². The van der Waals surface area contributed by atoms with Crippen LogP contribution < -0.4 is 11.5 Å². The van der Waals surface area contributed by atoms with E-state index in [0.717, 1.165) is 11.8 Å². The standard InChI is InChI=1S/C6H12N2O4S.C2HF3O2/c7-3(5(9)10)1-13-2-4(8)6(11)12;3-2(4,5)1(6)7/h3-4H,1-2,7-8H2,(H,9,10)(H,11,12);(H,6,7)/t3-,4-;/m0./s1. The summed E-state index contributed by atoms with van der Waals surface area (Å²) < 4.78 is 31.7. The van der Waals surface area contributed by atoms with E-state index in [9.17, 15) is 22.8 Å². The quantitative estimate of drug-likeness (QED) is 0.420. The lowest BCUT2D eigenvalue weighted by atomic mass is 10.4. The first-order valence-electron chi connectivity index (χ1n) is 4.74. The van der Waals surface area contributed by atoms with Gasteiger partial charge in [0.15, 0.2) is 0 Å². The van der Waals surface area contributed by atoms with E-state index in [0.29, 0.717) is 0 Å². The van der Waals surface area contributed by atoms with Crippen molar-refractivity contribution >= 4 is 29.7 Å². The first-order chi connectivity index (χ1) is 8.89. The van der Waals surface area contributed by atoms with Crippen molar-refractivity contribution in [1.82, 2.24) is 0 Å². The van der Waals surface area contributed by atoms with Gasteiger partial charge >= 0.3 is 24.1 Å². The normalized spacial score (nSPS) is 13.7. The fourth-order valence-electron chi connectivity index (χ4n) is 0.465. The molecular weight excluding hydrogens is 309 g/mol. The first kappa shape index (κ1) is 20.8. The van der Waals surface area contributed by atoms with Gasteiger partial charge in [-0.15, -0.1) is 0 Å². The maximum atomic E-state index is 10.6. The van der Waals surface area contributed by atoms with Gasteiger partial charge in [-0.05, 0) is 0 Å². The molecule has 0 saturated carbocycles. The molecule has 0 aliphatic carbocycles. The SMILES string of the molecule is N[C@@H](CSC[C@H](N)C(=O)O)C(=O)O.O=C(O)C(F)(F)F. The summed E-state index contributed by atoms with van der Waals surface area (Å²) in [6.45, 7) is 0. The van der Waals surface area contributed by atoms with Gasteiger partial charge in [-0.2, -0.15) is 24.9 Å². The molecule has 0 spiro atoms. The summed E-state index contributed by atoms with van der Waals surface area (Å²) in [5.74, 6) is -4.63. The van der Waals surface area contributed by atoms with Gasteiger partial charge in [-0.25, -0.2) is 4.79 Å². The minimum absolute atomic E-state index is 0.163. The van der Waals surface area contributed by atoms with Gasteiger partial charge in [0.2, 0.25) is 0 Å². The molecule has 7 N–H and O–H groups in total. The monoisotopic (exact) mass is 322 g/mol. The zero-order chi connectivity index (χ0) is 16.5. The van der Waals surface area contributed by atoms with E-state index >= 15 is 0 Å². The van der Waals surface area contributed by atoms with Gasteiger partial charge in [0.1, 0.15) is 12.1 Å². The number of alkyl halides is 3. The molecule has 2 atom stereocenters. The number of carboxylic acid groups (broad SMARTS) is 3. The minimum Gasteiger partial charge on any atom is -0.480 e. The summed E-state index contributed by atoms with van der Waals surface area (Å²) >= 11 is 1.11. The van der Waals surface area contributed by atoms with Crippen LogP contribution in [0.1, 0.15) is 0 Å². The van der Waals surface area contributed by atoms with E-state index in [4.69, 9.17) is 31.6 Å². The topological polar surface area (TPSA) is 164 Å². The highest BCUT2D eigenvalue weighted by atomic mass is 32.2. The summed E-state index contributed by atoms with van der Waals surface area (Å²) in [6, 6.07) is -1.93. The van der Waals surface area contributed by atoms with Gasteiger partial charge in [0.05, 0.1) is 0 Å². The highest BCUT2D eigenvalue weighted by Crippen LogP contribution is 2.13. The Hall–Kier alpha value is -1.53. The maximum absolute atomic E-state index is 10.6. The third-order valence-electron chi connectivity index (χ3n) is 1.47. The Morgan fingerprint density at radius 3 is 1.35 bits per heavy atom. The Morgan fingerprint density at radius 1 is 0.950 bits per heavy atom. The number of halogens is 3. The lowest BCUT2D eigenvalue weighted by Gasteiger charge is -2.07. The van der Waals surface area contributed by atoms with Crippen molar-refractivity contribution in [2.75, 3.05) is 11.5 Å². The predicted octanol–water partition coefficient (Wildman–Crippen LogP) is -0.823. The second-order valence-corrected chi connectivity index (χ2v) is 4.30. The first-order valence-corrected chi connectivity index (χ1v) is 5.89. The number of carboxylic acids is 3. The molecule has 0 aliphatic rings. The zero-order valence-corrected chi connectivity index (χ0v) is 10.6. The largest absolute Gasteiger partial charge is 0.490 e. The van der Waals surface area contributed by atoms with Crippen molar-refractivity contribution in [3.63, 3.8) is 0 Å². The highest BCUT2D eigenvalue weighted by Gasteiger charge is 2.38. The molecule has 0 aliphatic heterocycles. The highest BCUT2D eigenvalue weighted by molar-refractivity contribution is 7.99. The molecule has 0 saturated heterocycles. The number of carbonyl (C=O) groups is 3. The van der Waals surface area contributed by atoms with Crippen LogP contribution in [0.5, 0.6) is 0 Å². The summed E-state index contributed by atoms with van der Waals surface area (Å²) in [5, 5.41) is 23.9. The number of aliphatic carboxylic acids is 3. The van der Waals surface area contributed by atoms with E-state index in [-0.39, 0.29) is 11.5 Å². The Labute approximate surface area is 114 Å². The summed E-state index contributed by atoms with van der Waals surface area (Å²) in [7, 11) is 0. The van der Waals surface area contributed by atoms with Gasteiger partial charge in [-0.1, -0.05) is 0 Å². The fourth-order valence-corrected chi connectivity index (χ4v) is 1.39. The molecule has 0 aromatic heterocycles. The molecule has 0 radical (unpaired) electrons. The van der Waals surface area contributed by atoms with Crippen LogP contribution in [0.4, 0.5) is 13.2 Å². The Morgan fingerprint density at radius 2 is 1.20 bits per heavy atom. The molecule has 20 heavy (non-hydrogen) atoms. The van der Waals surface area contributed by atoms with E-state index in [1.165, 1.54) is 0 Å². The number of hydrogen-bond donors (Lipinski definition) is 5. The van der Waals surface area contributed by atoms with Gasteiger partial charge < -0.3 is 26.8 Å². The van der Waals surface area contributed by atoms with Crippen molar-refractivity contribution in [2.45, 2.75) is 18.3 Å². The summed E-state index contributed by atoms with van der Waals surface area (Å²) in [5.41, 5.74) is 10.3. The molecule has 0 aromatic rings. The summed E-state index contributed by atoms with van der Waals surface area (Å²) in [4.78, 5) is 29.3. The van der Waals surface area contributed by atoms with Crippen molar-refractivity contribution < 1.29 is 42.9 Å². The van der Waals surface area contributed by atoms with Gasteiger partial charge in [-0.3, -0.25) is 9.59 Å². The van der Waals surface area contributed by atoms with Gasteiger partial charge in [0, 0.05) is 11.5 Å². The molecular formula is C8H13F3N2O6S. The van der Waals surface area contributed by atoms with Crippen LogP contribution in [-0.2, 0) is 14.4 Å². The third-order valence-corrected chi connectivity index (χ3v) is 2.66. The Bertz CT molecular complexity index is 332. The van der Waals surface area contributed by atoms with Crippen LogP contribution in [0.25, 0.3) is 0 Å². The van der Waals surface area contributed by atoms with E-state index in [1.807, 2.05) is 0 Å². The molecule has 8 nitrogen and oxygen atoms in total. The molecule has 118 valence electrons. The van der Waals surface area contributed by atoms with Crippen molar-refractivity contribution in [1.29, 1.82) is 0 Å². The van der Waals surface area contributed by atoms with E-state index < -0.39 is 36.2 Å². The lowest BCUT2D eigenvalue weighted by molar-refractivity contribution is -0.192. The van der Waals surface area contributed by atoms with Crippen LogP contribution in [0.15, 0.2) is 0 Å². The average Bonchev–Trinajstić information content (AvgIpc) is 2.27. The molecule has 0 unspecified atom stereocenters. The second-order valence-electron chi connectivity index (χ2n) is 3.23. The average molecular weight is 322 g/mol. The number of nitrogens with two attached hydrogens (primary N) is 2. The number of hydrogen-bond acceptors (Lipinski definition) is 6. The molecule has 0 aromatic carbocycles. The molecule has 0 bridgehead atoms. The van der Waals surface area contributed by atoms with E-state index in [2.05, 4.69) is 0 Å². The van der Waals surface area contributed by atoms with Crippen LogP contribution in [-0.4, -0.2) is 63.0 Å². The smallest absolute Gasteiger partial charge is 0.480 e. The van der Waals surface area contributed by atoms with E-state index in [1.54, 1.807) is 0 Å². The van der Waals surface area contributed by atoms with Crippen LogP contribution in [0.2, 0.25) is 0 Å². The molecule has 12 heteroatoms. The van der Waals surface area contributed by atoms with Crippen molar-refractivity contribution in [3.05, 3.63) is 0 Å². The Kier molecular flexibility index (Phi) is 9.75. The van der Waals surface area contributed by atoms with Crippen molar-refractivity contribution in [3.8, 4) is 0 Å². The third kappa shape index (κ3) is 11.6. The fraction of sp³-hybridized carbons (Fsp3) is 0.625. The predicted molar refractivity (Wildman–Crippen MR) is 62.2 cm³/mol.